The number of hydrogen-bond donors (Lipinski definition) is 1. The molecule has 1 aromatic heterocycles. The molecule has 0 aliphatic heterocycles. The van der Waals surface area contributed by atoms with E-state index in [1.807, 2.05) is 0 Å². The molecule has 1 aromatic carbocycles. The standard InChI is InChI=1S/C8H8N4O4/c1-2-16-8-3-5-6(11(13)10-9-5)4-7(8)12(14)15/h3-4,13H,2H2,1H3. The Balaban J connectivity index is 2.67. The van der Waals surface area contributed by atoms with Crippen molar-refractivity contribution < 1.29 is 14.9 Å². The number of nitrogens with zero attached hydrogens (tertiary/aromatic N) is 4. The molecule has 84 valence electrons. The summed E-state index contributed by atoms with van der Waals surface area (Å²) in [5.74, 6) is 0.112. The van der Waals surface area contributed by atoms with Gasteiger partial charge in [0.05, 0.1) is 17.6 Å². The van der Waals surface area contributed by atoms with Crippen molar-refractivity contribution in [1.29, 1.82) is 0 Å². The van der Waals surface area contributed by atoms with Crippen molar-refractivity contribution in [3.05, 3.63) is 22.2 Å². The second-order valence-electron chi connectivity index (χ2n) is 2.98. The summed E-state index contributed by atoms with van der Waals surface area (Å²) in [4.78, 5) is 10.7. The summed E-state index contributed by atoms with van der Waals surface area (Å²) in [5.41, 5.74) is 0.263. The monoisotopic (exact) mass is 224 g/mol. The highest BCUT2D eigenvalue weighted by Gasteiger charge is 2.19. The molecule has 0 bridgehead atoms. The fraction of sp³-hybridized carbons (Fsp3) is 0.250. The van der Waals surface area contributed by atoms with Gasteiger partial charge in [0.1, 0.15) is 11.0 Å². The topological polar surface area (TPSA) is 103 Å². The molecule has 16 heavy (non-hydrogen) atoms. The van der Waals surface area contributed by atoms with E-state index in [0.29, 0.717) is 17.0 Å². The van der Waals surface area contributed by atoms with E-state index in [1.54, 1.807) is 6.92 Å². The number of ether oxygens (including phenoxy) is 1. The molecule has 8 heteroatoms. The maximum absolute atomic E-state index is 10.8. The number of rotatable bonds is 3. The van der Waals surface area contributed by atoms with Crippen molar-refractivity contribution in [3.63, 3.8) is 0 Å². The Hall–Kier alpha value is -2.38. The minimum atomic E-state index is -0.586. The maximum Gasteiger partial charge on any atom is 0.313 e. The van der Waals surface area contributed by atoms with Gasteiger partial charge in [-0.3, -0.25) is 10.1 Å². The molecule has 0 aliphatic rings. The van der Waals surface area contributed by atoms with Crippen molar-refractivity contribution in [2.45, 2.75) is 6.92 Å². The first-order valence-corrected chi connectivity index (χ1v) is 4.49. The van der Waals surface area contributed by atoms with E-state index in [-0.39, 0.29) is 17.0 Å². The van der Waals surface area contributed by atoms with Gasteiger partial charge in [-0.05, 0) is 12.1 Å². The predicted octanol–water partition coefficient (Wildman–Crippen LogP) is 0.975. The molecule has 0 radical (unpaired) electrons. The van der Waals surface area contributed by atoms with E-state index in [9.17, 15) is 15.3 Å². The maximum atomic E-state index is 10.8. The first-order chi connectivity index (χ1) is 7.63. The zero-order chi connectivity index (χ0) is 11.7. The van der Waals surface area contributed by atoms with Crippen LogP contribution in [0.4, 0.5) is 5.69 Å². The van der Waals surface area contributed by atoms with Crippen LogP contribution in [0.15, 0.2) is 12.1 Å². The van der Waals surface area contributed by atoms with E-state index >= 15 is 0 Å². The normalized spacial score (nSPS) is 10.6. The molecule has 1 heterocycles. The first kappa shape index (κ1) is 10.1. The predicted molar refractivity (Wildman–Crippen MR) is 52.5 cm³/mol. The van der Waals surface area contributed by atoms with Gasteiger partial charge in [-0.1, -0.05) is 4.85 Å². The number of nitro groups is 1. The van der Waals surface area contributed by atoms with Gasteiger partial charge in [0, 0.05) is 6.07 Å². The first-order valence-electron chi connectivity index (χ1n) is 4.49. The molecule has 0 aliphatic carbocycles. The summed E-state index contributed by atoms with van der Waals surface area (Å²) >= 11 is 0. The number of hydrogen-bond acceptors (Lipinski definition) is 6. The van der Waals surface area contributed by atoms with Gasteiger partial charge in [-0.15, -0.1) is 5.10 Å². The molecular formula is C8H8N4O4. The van der Waals surface area contributed by atoms with E-state index < -0.39 is 4.92 Å². The van der Waals surface area contributed by atoms with Gasteiger partial charge in [-0.25, -0.2) is 0 Å². The zero-order valence-electron chi connectivity index (χ0n) is 8.32. The lowest BCUT2D eigenvalue weighted by atomic mass is 10.2. The summed E-state index contributed by atoms with van der Waals surface area (Å²) in [6.45, 7) is 2.02. The molecule has 2 rings (SSSR count). The van der Waals surface area contributed by atoms with Crippen molar-refractivity contribution in [2.75, 3.05) is 6.61 Å². The average Bonchev–Trinajstić information content (AvgIpc) is 2.59. The van der Waals surface area contributed by atoms with E-state index in [2.05, 4.69) is 10.3 Å². The fourth-order valence-electron chi connectivity index (χ4n) is 1.34. The second kappa shape index (κ2) is 3.65. The van der Waals surface area contributed by atoms with E-state index in [4.69, 9.17) is 4.74 Å². The third kappa shape index (κ3) is 1.49. The number of benzene rings is 1. The van der Waals surface area contributed by atoms with Crippen LogP contribution in [0.3, 0.4) is 0 Å². The van der Waals surface area contributed by atoms with Gasteiger partial charge in [0.15, 0.2) is 5.75 Å². The van der Waals surface area contributed by atoms with Crippen molar-refractivity contribution >= 4 is 16.7 Å². The van der Waals surface area contributed by atoms with Gasteiger partial charge in [0.2, 0.25) is 0 Å². The Bertz CT molecular complexity index is 550. The minimum Gasteiger partial charge on any atom is -0.487 e. The van der Waals surface area contributed by atoms with Crippen LogP contribution < -0.4 is 4.74 Å². The second-order valence-corrected chi connectivity index (χ2v) is 2.98. The highest BCUT2D eigenvalue weighted by molar-refractivity contribution is 5.80. The van der Waals surface area contributed by atoms with Crippen molar-refractivity contribution in [1.82, 2.24) is 15.2 Å². The number of fused-ring (bicyclic) bond motifs is 1. The van der Waals surface area contributed by atoms with Gasteiger partial charge < -0.3 is 9.94 Å². The van der Waals surface area contributed by atoms with Crippen LogP contribution in [0, 0.1) is 10.1 Å². The lowest BCUT2D eigenvalue weighted by Gasteiger charge is -2.03. The Morgan fingerprint density at radius 3 is 3.00 bits per heavy atom. The molecule has 0 fully saturated rings. The average molecular weight is 224 g/mol. The van der Waals surface area contributed by atoms with E-state index in [1.165, 1.54) is 12.1 Å². The number of nitro benzene ring substituents is 1. The van der Waals surface area contributed by atoms with Crippen molar-refractivity contribution in [2.24, 2.45) is 0 Å². The van der Waals surface area contributed by atoms with Crippen LogP contribution in [-0.4, -0.2) is 31.9 Å². The van der Waals surface area contributed by atoms with Crippen LogP contribution in [0.5, 0.6) is 5.75 Å². The van der Waals surface area contributed by atoms with Crippen LogP contribution in [0.2, 0.25) is 0 Å². The molecule has 0 saturated carbocycles. The number of aromatic nitrogens is 3. The Kier molecular flexibility index (Phi) is 2.31. The molecule has 0 amide bonds. The summed E-state index contributed by atoms with van der Waals surface area (Å²) < 4.78 is 5.12. The molecular weight excluding hydrogens is 216 g/mol. The molecule has 8 nitrogen and oxygen atoms in total. The quantitative estimate of drug-likeness (QED) is 0.473. The zero-order valence-corrected chi connectivity index (χ0v) is 8.32. The Labute approximate surface area is 89.2 Å². The van der Waals surface area contributed by atoms with E-state index in [0.717, 1.165) is 0 Å². The van der Waals surface area contributed by atoms with Gasteiger partial charge in [-0.2, -0.15) is 0 Å². The SMILES string of the molecule is CCOc1cc2nnn(O)c2cc1[N+](=O)[O-]. The van der Waals surface area contributed by atoms with Crippen LogP contribution in [0.1, 0.15) is 6.92 Å². The Morgan fingerprint density at radius 1 is 1.62 bits per heavy atom. The summed E-state index contributed by atoms with van der Waals surface area (Å²) in [5, 5.41) is 26.9. The minimum absolute atomic E-state index is 0.112. The molecule has 0 saturated heterocycles. The van der Waals surface area contributed by atoms with Gasteiger partial charge >= 0.3 is 5.69 Å². The summed E-state index contributed by atoms with van der Waals surface area (Å²) in [6, 6.07) is 2.54. The molecule has 1 N–H and O–H groups in total. The third-order valence-corrected chi connectivity index (χ3v) is 2.01. The molecule has 2 aromatic rings. The highest BCUT2D eigenvalue weighted by atomic mass is 16.6. The molecule has 0 unspecified atom stereocenters. The Morgan fingerprint density at radius 2 is 2.38 bits per heavy atom. The van der Waals surface area contributed by atoms with Crippen LogP contribution in [0.25, 0.3) is 11.0 Å². The fourth-order valence-corrected chi connectivity index (χ4v) is 1.34. The van der Waals surface area contributed by atoms with Crippen LogP contribution >= 0.6 is 0 Å². The van der Waals surface area contributed by atoms with Gasteiger partial charge in [0.25, 0.3) is 0 Å². The summed E-state index contributed by atoms with van der Waals surface area (Å²) in [6.07, 6.45) is 0. The van der Waals surface area contributed by atoms with Crippen LogP contribution in [-0.2, 0) is 0 Å². The molecule has 0 atom stereocenters. The molecule has 0 spiro atoms. The lowest BCUT2D eigenvalue weighted by Crippen LogP contribution is -1.98. The smallest absolute Gasteiger partial charge is 0.313 e. The lowest BCUT2D eigenvalue weighted by molar-refractivity contribution is -0.385. The summed E-state index contributed by atoms with van der Waals surface area (Å²) in [7, 11) is 0. The highest BCUT2D eigenvalue weighted by Crippen LogP contribution is 2.30. The largest absolute Gasteiger partial charge is 0.487 e. The third-order valence-electron chi connectivity index (χ3n) is 2.01. The van der Waals surface area contributed by atoms with Crippen molar-refractivity contribution in [3.8, 4) is 5.75 Å².